The summed E-state index contributed by atoms with van der Waals surface area (Å²) in [6.07, 6.45) is 0. The normalized spacial score (nSPS) is 12.1. The molecule has 0 bridgehead atoms. The van der Waals surface area contributed by atoms with Crippen LogP contribution < -0.4 is 20.3 Å². The molecule has 8 heteroatoms. The van der Waals surface area contributed by atoms with Gasteiger partial charge < -0.3 is 24.7 Å². The Labute approximate surface area is 200 Å². The standard InChI is InChI=1S/C26H22ClN3O4/c1-16-4-2-5-18-11-19(25(31)29-24(16)18)14-30(26(32)28-21-7-3-6-20(27)12-21)13-17-8-9-22-23(10-17)34-15-33-22/h2-12H,13-15H2,1H3,(H,28,32)(H,29,31). The maximum Gasteiger partial charge on any atom is 0.322 e. The Hall–Kier alpha value is -3.97. The molecule has 0 radical (unpaired) electrons. The van der Waals surface area contributed by atoms with Crippen molar-refractivity contribution >= 4 is 34.2 Å². The lowest BCUT2D eigenvalue weighted by Gasteiger charge is -2.23. The minimum atomic E-state index is -0.358. The highest BCUT2D eigenvalue weighted by molar-refractivity contribution is 6.30. The van der Waals surface area contributed by atoms with Crippen LogP contribution in [0.3, 0.4) is 0 Å². The number of urea groups is 1. The van der Waals surface area contributed by atoms with Crippen LogP contribution in [-0.2, 0) is 13.1 Å². The second-order valence-corrected chi connectivity index (χ2v) is 8.58. The number of aryl methyl sites for hydroxylation is 1. The molecule has 1 aliphatic heterocycles. The van der Waals surface area contributed by atoms with Crippen molar-refractivity contribution in [1.82, 2.24) is 9.88 Å². The number of para-hydroxylation sites is 1. The number of benzene rings is 3. The molecule has 2 amide bonds. The smallest absolute Gasteiger partial charge is 0.322 e. The molecule has 5 rings (SSSR count). The number of nitrogens with zero attached hydrogens (tertiary/aromatic N) is 1. The fraction of sp³-hybridized carbons (Fsp3) is 0.154. The summed E-state index contributed by atoms with van der Waals surface area (Å²) < 4.78 is 10.9. The van der Waals surface area contributed by atoms with E-state index in [0.717, 1.165) is 22.0 Å². The number of hydrogen-bond acceptors (Lipinski definition) is 4. The maximum atomic E-state index is 13.3. The molecular formula is C26H22ClN3O4. The Balaban J connectivity index is 1.47. The molecule has 0 saturated carbocycles. The van der Waals surface area contributed by atoms with Crippen LogP contribution in [0.25, 0.3) is 10.9 Å². The van der Waals surface area contributed by atoms with Crippen LogP contribution in [0.15, 0.2) is 71.5 Å². The van der Waals surface area contributed by atoms with Gasteiger partial charge in [-0.25, -0.2) is 4.79 Å². The van der Waals surface area contributed by atoms with Gasteiger partial charge in [-0.3, -0.25) is 4.79 Å². The van der Waals surface area contributed by atoms with Crippen molar-refractivity contribution in [2.24, 2.45) is 0 Å². The van der Waals surface area contributed by atoms with Crippen LogP contribution in [0.4, 0.5) is 10.5 Å². The predicted molar refractivity (Wildman–Crippen MR) is 132 cm³/mol. The van der Waals surface area contributed by atoms with Crippen LogP contribution in [0.5, 0.6) is 11.5 Å². The van der Waals surface area contributed by atoms with Crippen LogP contribution >= 0.6 is 11.6 Å². The van der Waals surface area contributed by atoms with Crippen molar-refractivity contribution in [3.63, 3.8) is 0 Å². The molecule has 0 spiro atoms. The number of fused-ring (bicyclic) bond motifs is 2. The molecule has 4 aromatic rings. The summed E-state index contributed by atoms with van der Waals surface area (Å²) in [5, 5.41) is 4.30. The van der Waals surface area contributed by atoms with Crippen LogP contribution in [0, 0.1) is 6.92 Å². The molecule has 3 aromatic carbocycles. The van der Waals surface area contributed by atoms with E-state index < -0.39 is 0 Å². The molecule has 1 aromatic heterocycles. The number of carbonyl (C=O) groups is 1. The van der Waals surface area contributed by atoms with E-state index in [0.29, 0.717) is 27.8 Å². The molecule has 2 N–H and O–H groups in total. The van der Waals surface area contributed by atoms with E-state index in [-0.39, 0.29) is 31.5 Å². The van der Waals surface area contributed by atoms with E-state index in [1.807, 2.05) is 49.4 Å². The number of H-pyrrole nitrogens is 1. The summed E-state index contributed by atoms with van der Waals surface area (Å²) in [7, 11) is 0. The third kappa shape index (κ3) is 4.56. The van der Waals surface area contributed by atoms with Gasteiger partial charge in [0.05, 0.1) is 12.1 Å². The second-order valence-electron chi connectivity index (χ2n) is 8.15. The van der Waals surface area contributed by atoms with Crippen molar-refractivity contribution in [1.29, 1.82) is 0 Å². The van der Waals surface area contributed by atoms with Crippen molar-refractivity contribution in [2.75, 3.05) is 12.1 Å². The zero-order chi connectivity index (χ0) is 23.7. The first-order chi connectivity index (χ1) is 16.5. The van der Waals surface area contributed by atoms with Gasteiger partial charge in [-0.1, -0.05) is 41.9 Å². The van der Waals surface area contributed by atoms with Gasteiger partial charge in [-0.05, 0) is 59.8 Å². The summed E-state index contributed by atoms with van der Waals surface area (Å²) in [5.74, 6) is 1.30. The molecule has 0 unspecified atom stereocenters. The third-order valence-electron chi connectivity index (χ3n) is 5.70. The third-order valence-corrected chi connectivity index (χ3v) is 5.93. The molecule has 0 atom stereocenters. The first kappa shape index (κ1) is 21.9. The van der Waals surface area contributed by atoms with E-state index in [1.165, 1.54) is 0 Å². The zero-order valence-electron chi connectivity index (χ0n) is 18.4. The van der Waals surface area contributed by atoms with Gasteiger partial charge in [0.1, 0.15) is 0 Å². The van der Waals surface area contributed by atoms with Crippen LogP contribution in [0.1, 0.15) is 16.7 Å². The Morgan fingerprint density at radius 1 is 1.03 bits per heavy atom. The molecule has 0 saturated heterocycles. The van der Waals surface area contributed by atoms with Crippen molar-refractivity contribution in [2.45, 2.75) is 20.0 Å². The number of carbonyl (C=O) groups excluding carboxylic acids is 1. The Morgan fingerprint density at radius 3 is 2.71 bits per heavy atom. The summed E-state index contributed by atoms with van der Waals surface area (Å²) in [4.78, 5) is 30.7. The maximum absolute atomic E-state index is 13.3. The molecule has 2 heterocycles. The van der Waals surface area contributed by atoms with E-state index in [1.54, 1.807) is 29.2 Å². The quantitative estimate of drug-likeness (QED) is 0.402. The lowest BCUT2D eigenvalue weighted by molar-refractivity contribution is 0.174. The Kier molecular flexibility index (Phi) is 5.86. The number of rotatable bonds is 5. The van der Waals surface area contributed by atoms with Gasteiger partial charge in [0.25, 0.3) is 5.56 Å². The Bertz CT molecular complexity index is 1450. The van der Waals surface area contributed by atoms with Crippen LogP contribution in [0.2, 0.25) is 5.02 Å². The van der Waals surface area contributed by atoms with Crippen LogP contribution in [-0.4, -0.2) is 22.7 Å². The molecule has 34 heavy (non-hydrogen) atoms. The highest BCUT2D eigenvalue weighted by Crippen LogP contribution is 2.33. The number of halogens is 1. The second kappa shape index (κ2) is 9.11. The first-order valence-electron chi connectivity index (χ1n) is 10.8. The van der Waals surface area contributed by atoms with E-state index in [4.69, 9.17) is 21.1 Å². The van der Waals surface area contributed by atoms with Gasteiger partial charge in [-0.2, -0.15) is 0 Å². The number of aromatic nitrogens is 1. The number of ether oxygens (including phenoxy) is 2. The highest BCUT2D eigenvalue weighted by atomic mass is 35.5. The van der Waals surface area contributed by atoms with Gasteiger partial charge >= 0.3 is 6.03 Å². The first-order valence-corrected chi connectivity index (χ1v) is 11.2. The summed E-state index contributed by atoms with van der Waals surface area (Å²) >= 11 is 6.07. The minimum Gasteiger partial charge on any atom is -0.454 e. The average Bonchev–Trinajstić information content (AvgIpc) is 3.28. The molecular weight excluding hydrogens is 454 g/mol. The lowest BCUT2D eigenvalue weighted by atomic mass is 10.1. The fourth-order valence-electron chi connectivity index (χ4n) is 3.98. The summed E-state index contributed by atoms with van der Waals surface area (Å²) in [6, 6.07) is 19.8. The average molecular weight is 476 g/mol. The molecule has 7 nitrogen and oxygen atoms in total. The van der Waals surface area contributed by atoms with Gasteiger partial charge in [0, 0.05) is 22.8 Å². The zero-order valence-corrected chi connectivity index (χ0v) is 19.2. The molecule has 1 aliphatic rings. The Morgan fingerprint density at radius 2 is 1.85 bits per heavy atom. The predicted octanol–water partition coefficient (Wildman–Crippen LogP) is 5.45. The van der Waals surface area contributed by atoms with Crippen molar-refractivity contribution in [3.05, 3.63) is 98.8 Å². The monoisotopic (exact) mass is 475 g/mol. The number of anilines is 1. The molecule has 0 fully saturated rings. The van der Waals surface area contributed by atoms with Crippen molar-refractivity contribution in [3.8, 4) is 11.5 Å². The summed E-state index contributed by atoms with van der Waals surface area (Å²) in [6.45, 7) is 2.49. The van der Waals surface area contributed by atoms with Crippen molar-refractivity contribution < 1.29 is 14.3 Å². The number of aromatic amines is 1. The largest absolute Gasteiger partial charge is 0.454 e. The SMILES string of the molecule is Cc1cccc2cc(CN(Cc3ccc4c(c3)OCO4)C(=O)Nc3cccc(Cl)c3)c(=O)[nH]c12. The number of pyridine rings is 1. The van der Waals surface area contributed by atoms with Gasteiger partial charge in [0.15, 0.2) is 11.5 Å². The minimum absolute atomic E-state index is 0.111. The van der Waals surface area contributed by atoms with Gasteiger partial charge in [-0.15, -0.1) is 0 Å². The highest BCUT2D eigenvalue weighted by Gasteiger charge is 2.20. The van der Waals surface area contributed by atoms with E-state index in [2.05, 4.69) is 10.3 Å². The topological polar surface area (TPSA) is 83.7 Å². The van der Waals surface area contributed by atoms with E-state index >= 15 is 0 Å². The number of hydrogen-bond donors (Lipinski definition) is 2. The van der Waals surface area contributed by atoms with Gasteiger partial charge in [0.2, 0.25) is 6.79 Å². The molecule has 172 valence electrons. The van der Waals surface area contributed by atoms with E-state index in [9.17, 15) is 9.59 Å². The number of nitrogens with one attached hydrogen (secondary N) is 2. The number of amides is 2. The molecule has 0 aliphatic carbocycles. The summed E-state index contributed by atoms with van der Waals surface area (Å²) in [5.41, 5.74) is 3.45. The fourth-order valence-corrected chi connectivity index (χ4v) is 4.17. The lowest BCUT2D eigenvalue weighted by Crippen LogP contribution is -2.35.